The van der Waals surface area contributed by atoms with E-state index in [1.165, 1.54) is 23.3 Å². The summed E-state index contributed by atoms with van der Waals surface area (Å²) in [5.41, 5.74) is 1.63. The molecule has 0 saturated carbocycles. The number of imidazole rings is 1. The van der Waals surface area contributed by atoms with Crippen molar-refractivity contribution < 1.29 is 14.3 Å². The van der Waals surface area contributed by atoms with Crippen LogP contribution in [0.1, 0.15) is 25.9 Å². The fourth-order valence-corrected chi connectivity index (χ4v) is 3.38. The lowest BCUT2D eigenvalue weighted by atomic mass is 10.2. The number of nitrogens with one attached hydrogen (secondary N) is 1. The molecule has 124 valence electrons. The number of para-hydroxylation sites is 1. The van der Waals surface area contributed by atoms with Gasteiger partial charge in [0.05, 0.1) is 33.9 Å². The minimum Gasteiger partial charge on any atom is -0.465 e. The second-order valence-corrected chi connectivity index (χ2v) is 6.86. The third-order valence-electron chi connectivity index (χ3n) is 3.48. The van der Waals surface area contributed by atoms with Crippen LogP contribution in [-0.2, 0) is 11.3 Å². The smallest absolute Gasteiger partial charge is 0.340 e. The number of esters is 1. The molecule has 0 radical (unpaired) electrons. The number of benzene rings is 1. The molecule has 3 rings (SSSR count). The van der Waals surface area contributed by atoms with Gasteiger partial charge in [0.1, 0.15) is 11.3 Å². The second kappa shape index (κ2) is 6.62. The Morgan fingerprint density at radius 3 is 2.79 bits per heavy atom. The van der Waals surface area contributed by atoms with E-state index < -0.39 is 5.97 Å². The highest BCUT2D eigenvalue weighted by molar-refractivity contribution is 7.17. The van der Waals surface area contributed by atoms with Gasteiger partial charge in [-0.25, -0.2) is 9.78 Å². The van der Waals surface area contributed by atoms with Gasteiger partial charge in [-0.3, -0.25) is 4.79 Å². The first-order chi connectivity index (χ1) is 11.5. The maximum atomic E-state index is 12.4. The summed E-state index contributed by atoms with van der Waals surface area (Å²) in [5, 5.41) is 0. The van der Waals surface area contributed by atoms with Gasteiger partial charge in [-0.1, -0.05) is 17.7 Å². The molecule has 0 aliphatic carbocycles. The number of fused-ring (bicyclic) bond motifs is 1. The van der Waals surface area contributed by atoms with E-state index in [2.05, 4.69) is 9.97 Å². The number of aromatic amines is 1. The number of ether oxygens (including phenoxy) is 1. The molecule has 0 saturated heterocycles. The molecular formula is C16H14ClN3O3S. The Kier molecular flexibility index (Phi) is 4.55. The number of methoxy groups -OCH3 is 1. The van der Waals surface area contributed by atoms with Gasteiger partial charge in [0.2, 0.25) is 0 Å². The molecule has 6 nitrogen and oxygen atoms in total. The highest BCUT2D eigenvalue weighted by Crippen LogP contribution is 2.23. The molecule has 0 unspecified atom stereocenters. The first-order valence-corrected chi connectivity index (χ1v) is 8.25. The lowest BCUT2D eigenvalue weighted by Gasteiger charge is -2.14. The summed E-state index contributed by atoms with van der Waals surface area (Å²) in [5.74, 6) is -0.00304. The number of aromatic nitrogens is 2. The molecule has 1 aromatic carbocycles. The Labute approximate surface area is 147 Å². The predicted molar refractivity (Wildman–Crippen MR) is 92.6 cm³/mol. The number of carbonyl (C=O) groups is 2. The third-order valence-corrected chi connectivity index (χ3v) is 4.70. The van der Waals surface area contributed by atoms with Crippen molar-refractivity contribution in [3.8, 4) is 0 Å². The van der Waals surface area contributed by atoms with Gasteiger partial charge in [-0.2, -0.15) is 0 Å². The zero-order chi connectivity index (χ0) is 17.3. The van der Waals surface area contributed by atoms with E-state index in [-0.39, 0.29) is 12.5 Å². The van der Waals surface area contributed by atoms with Gasteiger partial charge in [-0.15, -0.1) is 11.3 Å². The molecule has 8 heteroatoms. The van der Waals surface area contributed by atoms with E-state index in [4.69, 9.17) is 16.3 Å². The second-order valence-electron chi connectivity index (χ2n) is 5.14. The number of halogens is 1. The molecule has 0 fully saturated rings. The van der Waals surface area contributed by atoms with Crippen LogP contribution in [-0.4, -0.2) is 40.9 Å². The number of thiophene rings is 1. The summed E-state index contributed by atoms with van der Waals surface area (Å²) in [6, 6.07) is 8.61. The molecule has 2 heterocycles. The first-order valence-electron chi connectivity index (χ1n) is 7.06. The number of hydrogen-bond donors (Lipinski definition) is 1. The first kappa shape index (κ1) is 16.5. The van der Waals surface area contributed by atoms with Crippen molar-refractivity contribution in [2.45, 2.75) is 6.54 Å². The minimum atomic E-state index is -0.448. The number of hydrogen-bond acceptors (Lipinski definition) is 5. The summed E-state index contributed by atoms with van der Waals surface area (Å²) in [6.07, 6.45) is 0. The van der Waals surface area contributed by atoms with Crippen LogP contribution >= 0.6 is 22.9 Å². The molecule has 24 heavy (non-hydrogen) atoms. The van der Waals surface area contributed by atoms with Crippen LogP contribution in [0, 0.1) is 0 Å². The molecule has 1 amide bonds. The number of nitrogens with zero attached hydrogens (tertiary/aromatic N) is 2. The Balaban J connectivity index is 1.85. The molecular weight excluding hydrogens is 350 g/mol. The lowest BCUT2D eigenvalue weighted by Crippen LogP contribution is -2.25. The van der Waals surface area contributed by atoms with Gasteiger partial charge in [-0.05, 0) is 24.3 Å². The maximum absolute atomic E-state index is 12.4. The average molecular weight is 364 g/mol. The maximum Gasteiger partial charge on any atom is 0.340 e. The fourth-order valence-electron chi connectivity index (χ4n) is 2.35. The quantitative estimate of drug-likeness (QED) is 0.721. The van der Waals surface area contributed by atoms with Crippen molar-refractivity contribution in [3.63, 3.8) is 0 Å². The Hall–Kier alpha value is -2.38. The van der Waals surface area contributed by atoms with E-state index in [1.807, 2.05) is 6.07 Å². The molecule has 0 bridgehead atoms. The van der Waals surface area contributed by atoms with Crippen LogP contribution in [0.5, 0.6) is 0 Å². The van der Waals surface area contributed by atoms with E-state index in [0.717, 1.165) is 0 Å². The molecule has 0 spiro atoms. The summed E-state index contributed by atoms with van der Waals surface area (Å²) in [4.78, 5) is 33.8. The van der Waals surface area contributed by atoms with Gasteiger partial charge < -0.3 is 14.6 Å². The highest BCUT2D eigenvalue weighted by atomic mass is 35.5. The monoisotopic (exact) mass is 363 g/mol. The standard InChI is InChI=1S/C16H14ClN3O3S/c1-20(15(21)11-6-7-12(17)24-11)8-13-18-10-5-3-4-9(14(10)19-13)16(22)23-2/h3-7H,8H2,1-2H3,(H,18,19). The van der Waals surface area contributed by atoms with E-state index in [9.17, 15) is 9.59 Å². The molecule has 1 N–H and O–H groups in total. The number of amides is 1. The molecule has 0 aliphatic heterocycles. The van der Waals surface area contributed by atoms with Gasteiger partial charge in [0.15, 0.2) is 0 Å². The molecule has 3 aromatic rings. The van der Waals surface area contributed by atoms with Crippen molar-refractivity contribution in [1.82, 2.24) is 14.9 Å². The highest BCUT2D eigenvalue weighted by Gasteiger charge is 2.18. The zero-order valence-corrected chi connectivity index (χ0v) is 14.6. The Bertz CT molecular complexity index is 918. The van der Waals surface area contributed by atoms with E-state index in [0.29, 0.717) is 31.6 Å². The number of H-pyrrole nitrogens is 1. The average Bonchev–Trinajstić information content (AvgIpc) is 3.18. The van der Waals surface area contributed by atoms with Crippen molar-refractivity contribution >= 4 is 45.8 Å². The number of carbonyl (C=O) groups excluding carboxylic acids is 2. The van der Waals surface area contributed by atoms with Crippen LogP contribution in [0.4, 0.5) is 0 Å². The number of rotatable bonds is 4. The van der Waals surface area contributed by atoms with Crippen molar-refractivity contribution in [2.75, 3.05) is 14.2 Å². The van der Waals surface area contributed by atoms with Gasteiger partial charge in [0, 0.05) is 7.05 Å². The summed E-state index contributed by atoms with van der Waals surface area (Å²) in [6.45, 7) is 0.281. The predicted octanol–water partition coefficient (Wildman–Crippen LogP) is 3.34. The lowest BCUT2D eigenvalue weighted by molar-refractivity contribution is 0.0602. The van der Waals surface area contributed by atoms with Gasteiger partial charge in [0.25, 0.3) is 5.91 Å². The van der Waals surface area contributed by atoms with Gasteiger partial charge >= 0.3 is 5.97 Å². The fraction of sp³-hybridized carbons (Fsp3) is 0.188. The van der Waals surface area contributed by atoms with Crippen molar-refractivity contribution in [2.24, 2.45) is 0 Å². The van der Waals surface area contributed by atoms with Crippen LogP contribution in [0.3, 0.4) is 0 Å². The molecule has 0 atom stereocenters. The van der Waals surface area contributed by atoms with Crippen LogP contribution in [0.2, 0.25) is 4.34 Å². The zero-order valence-electron chi connectivity index (χ0n) is 13.0. The summed E-state index contributed by atoms with van der Waals surface area (Å²) < 4.78 is 5.33. The summed E-state index contributed by atoms with van der Waals surface area (Å²) >= 11 is 7.10. The van der Waals surface area contributed by atoms with Crippen LogP contribution in [0.15, 0.2) is 30.3 Å². The Morgan fingerprint density at radius 1 is 1.33 bits per heavy atom. The normalized spacial score (nSPS) is 10.8. The third kappa shape index (κ3) is 3.13. The molecule has 2 aromatic heterocycles. The van der Waals surface area contributed by atoms with Crippen LogP contribution < -0.4 is 0 Å². The topological polar surface area (TPSA) is 75.3 Å². The summed E-state index contributed by atoms with van der Waals surface area (Å²) in [7, 11) is 3.01. The van der Waals surface area contributed by atoms with E-state index >= 15 is 0 Å². The molecule has 0 aliphatic rings. The van der Waals surface area contributed by atoms with Crippen molar-refractivity contribution in [3.05, 3.63) is 50.9 Å². The Morgan fingerprint density at radius 2 is 2.12 bits per heavy atom. The largest absolute Gasteiger partial charge is 0.465 e. The van der Waals surface area contributed by atoms with Crippen LogP contribution in [0.25, 0.3) is 11.0 Å². The SMILES string of the molecule is COC(=O)c1cccc2[nH]c(CN(C)C(=O)c3ccc(Cl)s3)nc12. The van der Waals surface area contributed by atoms with Crippen molar-refractivity contribution in [1.29, 1.82) is 0 Å². The van der Waals surface area contributed by atoms with E-state index in [1.54, 1.807) is 31.3 Å². The minimum absolute atomic E-state index is 0.138.